The van der Waals surface area contributed by atoms with Crippen LogP contribution in [0.1, 0.15) is 53.7 Å². The minimum Gasteiger partial charge on any atom is -0.388 e. The normalized spacial score (nSPS) is 33.8. The molecular weight excluding hydrogens is 260 g/mol. The second kappa shape index (κ2) is 4.43. The Morgan fingerprint density at radius 2 is 1.38 bits per heavy atom. The Bertz CT molecular complexity index is 662. The van der Waals surface area contributed by atoms with E-state index in [1.54, 1.807) is 0 Å². The van der Waals surface area contributed by atoms with Gasteiger partial charge in [0.2, 0.25) is 0 Å². The lowest BCUT2D eigenvalue weighted by atomic mass is 9.61. The summed E-state index contributed by atoms with van der Waals surface area (Å²) in [6.07, 6.45) is 0.560. The Hall–Kier alpha value is -1.64. The van der Waals surface area contributed by atoms with Crippen molar-refractivity contribution in [2.75, 3.05) is 0 Å². The number of aliphatic hydroxyl groups is 2. The number of aryl methyl sites for hydroxylation is 1. The predicted octanol–water partition coefficient (Wildman–Crippen LogP) is 3.50. The number of benzene rings is 2. The maximum atomic E-state index is 11.0. The van der Waals surface area contributed by atoms with Crippen LogP contribution in [0, 0.1) is 5.41 Å². The monoisotopic (exact) mass is 280 g/mol. The van der Waals surface area contributed by atoms with Crippen molar-refractivity contribution in [3.63, 3.8) is 0 Å². The summed E-state index contributed by atoms with van der Waals surface area (Å²) in [5.74, 6) is 0.139. The van der Waals surface area contributed by atoms with E-state index in [-0.39, 0.29) is 5.92 Å². The fourth-order valence-corrected chi connectivity index (χ4v) is 4.53. The van der Waals surface area contributed by atoms with Crippen LogP contribution >= 0.6 is 0 Å². The van der Waals surface area contributed by atoms with Crippen LogP contribution in [0.2, 0.25) is 0 Å². The SMILES string of the molecule is CC1c2ccccc2CCC12C(O)c1ccccc1C2O. The molecular formula is C19H20O2. The molecule has 2 aromatic carbocycles. The Labute approximate surface area is 125 Å². The summed E-state index contributed by atoms with van der Waals surface area (Å²) in [6.45, 7) is 2.15. The smallest absolute Gasteiger partial charge is 0.0883 e. The maximum Gasteiger partial charge on any atom is 0.0883 e. The molecule has 0 radical (unpaired) electrons. The van der Waals surface area contributed by atoms with Gasteiger partial charge in [-0.25, -0.2) is 0 Å². The Morgan fingerprint density at radius 1 is 0.857 bits per heavy atom. The number of aliphatic hydroxyl groups excluding tert-OH is 2. The highest BCUT2D eigenvalue weighted by Crippen LogP contribution is 2.63. The third kappa shape index (κ3) is 1.55. The largest absolute Gasteiger partial charge is 0.388 e. The van der Waals surface area contributed by atoms with Gasteiger partial charge in [0.25, 0.3) is 0 Å². The lowest BCUT2D eigenvalue weighted by Crippen LogP contribution is -2.39. The topological polar surface area (TPSA) is 40.5 Å². The van der Waals surface area contributed by atoms with E-state index in [4.69, 9.17) is 0 Å². The Kier molecular flexibility index (Phi) is 2.75. The van der Waals surface area contributed by atoms with Crippen LogP contribution < -0.4 is 0 Å². The molecule has 2 aliphatic rings. The first-order chi connectivity index (χ1) is 10.2. The van der Waals surface area contributed by atoms with Crippen LogP contribution in [0.5, 0.6) is 0 Å². The van der Waals surface area contributed by atoms with Gasteiger partial charge in [0.1, 0.15) is 0 Å². The lowest BCUT2D eigenvalue weighted by molar-refractivity contribution is -0.0786. The van der Waals surface area contributed by atoms with Crippen LogP contribution in [0.25, 0.3) is 0 Å². The molecule has 2 N–H and O–H groups in total. The molecule has 0 aliphatic heterocycles. The van der Waals surface area contributed by atoms with E-state index in [9.17, 15) is 10.2 Å². The molecule has 2 aliphatic carbocycles. The molecule has 108 valence electrons. The molecule has 0 heterocycles. The molecule has 0 fully saturated rings. The van der Waals surface area contributed by atoms with Gasteiger partial charge >= 0.3 is 0 Å². The first-order valence-corrected chi connectivity index (χ1v) is 7.69. The van der Waals surface area contributed by atoms with E-state index in [1.165, 1.54) is 11.1 Å². The van der Waals surface area contributed by atoms with Crippen LogP contribution in [-0.4, -0.2) is 10.2 Å². The summed E-state index contributed by atoms with van der Waals surface area (Å²) in [5.41, 5.74) is 3.94. The summed E-state index contributed by atoms with van der Waals surface area (Å²) >= 11 is 0. The minimum atomic E-state index is -0.591. The molecule has 2 nitrogen and oxygen atoms in total. The van der Waals surface area contributed by atoms with Gasteiger partial charge in [0.05, 0.1) is 12.2 Å². The molecule has 4 rings (SSSR count). The average molecular weight is 280 g/mol. The highest BCUT2D eigenvalue weighted by molar-refractivity contribution is 5.45. The quantitative estimate of drug-likeness (QED) is 0.775. The summed E-state index contributed by atoms with van der Waals surface area (Å²) in [7, 11) is 0. The van der Waals surface area contributed by atoms with E-state index in [0.29, 0.717) is 0 Å². The van der Waals surface area contributed by atoms with Gasteiger partial charge < -0.3 is 10.2 Å². The van der Waals surface area contributed by atoms with Crippen molar-refractivity contribution in [2.24, 2.45) is 5.41 Å². The van der Waals surface area contributed by atoms with Crippen molar-refractivity contribution in [1.29, 1.82) is 0 Å². The second-order valence-electron chi connectivity index (χ2n) is 6.47. The molecule has 0 bridgehead atoms. The van der Waals surface area contributed by atoms with Crippen molar-refractivity contribution in [2.45, 2.75) is 37.9 Å². The number of hydrogen-bond donors (Lipinski definition) is 2. The summed E-state index contributed by atoms with van der Waals surface area (Å²) in [5, 5.41) is 21.9. The highest BCUT2D eigenvalue weighted by atomic mass is 16.3. The highest BCUT2D eigenvalue weighted by Gasteiger charge is 2.56. The first-order valence-electron chi connectivity index (χ1n) is 7.69. The molecule has 0 aromatic heterocycles. The second-order valence-corrected chi connectivity index (χ2v) is 6.47. The number of hydrogen-bond acceptors (Lipinski definition) is 2. The van der Waals surface area contributed by atoms with Crippen molar-refractivity contribution < 1.29 is 10.2 Å². The Morgan fingerprint density at radius 3 is 2.00 bits per heavy atom. The van der Waals surface area contributed by atoms with E-state index >= 15 is 0 Å². The standard InChI is InChI=1S/C19H20O2/c1-12-14-7-3-2-6-13(14)10-11-19(12)17(20)15-8-4-5-9-16(15)18(19)21/h2-9,12,17-18,20-21H,10-11H2,1H3. The van der Waals surface area contributed by atoms with Gasteiger partial charge in [-0.05, 0) is 41.0 Å². The maximum absolute atomic E-state index is 11.0. The fourth-order valence-electron chi connectivity index (χ4n) is 4.53. The van der Waals surface area contributed by atoms with Gasteiger partial charge in [-0.2, -0.15) is 0 Å². The van der Waals surface area contributed by atoms with Crippen LogP contribution in [0.3, 0.4) is 0 Å². The predicted molar refractivity (Wildman–Crippen MR) is 82.0 cm³/mol. The minimum absolute atomic E-state index is 0.139. The molecule has 2 heteroatoms. The van der Waals surface area contributed by atoms with E-state index in [1.807, 2.05) is 24.3 Å². The zero-order chi connectivity index (χ0) is 14.6. The van der Waals surface area contributed by atoms with E-state index in [2.05, 4.69) is 31.2 Å². The molecule has 2 aromatic rings. The van der Waals surface area contributed by atoms with Gasteiger partial charge in [-0.3, -0.25) is 0 Å². The van der Waals surface area contributed by atoms with Crippen LogP contribution in [0.4, 0.5) is 0 Å². The van der Waals surface area contributed by atoms with Crippen LogP contribution in [0.15, 0.2) is 48.5 Å². The number of rotatable bonds is 0. The molecule has 3 atom stereocenters. The summed E-state index contributed by atoms with van der Waals surface area (Å²) < 4.78 is 0. The van der Waals surface area contributed by atoms with Gasteiger partial charge in [-0.1, -0.05) is 55.5 Å². The molecule has 0 amide bonds. The van der Waals surface area contributed by atoms with E-state index in [0.717, 1.165) is 24.0 Å². The summed E-state index contributed by atoms with van der Waals surface area (Å²) in [4.78, 5) is 0. The molecule has 21 heavy (non-hydrogen) atoms. The number of fused-ring (bicyclic) bond motifs is 2. The fraction of sp³-hybridized carbons (Fsp3) is 0.368. The third-order valence-electron chi connectivity index (χ3n) is 5.76. The van der Waals surface area contributed by atoms with Gasteiger partial charge in [0.15, 0.2) is 0 Å². The average Bonchev–Trinajstić information content (AvgIpc) is 2.74. The van der Waals surface area contributed by atoms with E-state index < -0.39 is 17.6 Å². The molecule has 3 unspecified atom stereocenters. The molecule has 1 spiro atoms. The Balaban J connectivity index is 1.87. The van der Waals surface area contributed by atoms with Gasteiger partial charge in [-0.15, -0.1) is 0 Å². The van der Waals surface area contributed by atoms with Gasteiger partial charge in [0, 0.05) is 5.41 Å². The first kappa shape index (κ1) is 13.1. The van der Waals surface area contributed by atoms with Crippen molar-refractivity contribution in [3.05, 3.63) is 70.8 Å². The zero-order valence-electron chi connectivity index (χ0n) is 12.2. The lowest BCUT2D eigenvalue weighted by Gasteiger charge is -2.45. The third-order valence-corrected chi connectivity index (χ3v) is 5.76. The van der Waals surface area contributed by atoms with Crippen LogP contribution in [-0.2, 0) is 6.42 Å². The van der Waals surface area contributed by atoms with Crippen molar-refractivity contribution in [3.8, 4) is 0 Å². The summed E-state index contributed by atoms with van der Waals surface area (Å²) in [6, 6.07) is 16.2. The molecule has 0 saturated heterocycles. The van der Waals surface area contributed by atoms with Crippen molar-refractivity contribution in [1.82, 2.24) is 0 Å². The zero-order valence-corrected chi connectivity index (χ0v) is 12.2. The van der Waals surface area contributed by atoms with Crippen molar-refractivity contribution >= 4 is 0 Å². The molecule has 0 saturated carbocycles.